The van der Waals surface area contributed by atoms with E-state index in [4.69, 9.17) is 0 Å². The molecule has 0 aromatic heterocycles. The second kappa shape index (κ2) is 13.1. The summed E-state index contributed by atoms with van der Waals surface area (Å²) in [5.74, 6) is 0.282. The molecule has 0 radical (unpaired) electrons. The predicted molar refractivity (Wildman–Crippen MR) is 245 cm³/mol. The predicted octanol–water partition coefficient (Wildman–Crippen LogP) is 12.1. The molecular formula is C56H40BN. The topological polar surface area (TPSA) is 12.0 Å². The van der Waals surface area contributed by atoms with Crippen molar-refractivity contribution >= 4 is 40.4 Å². The van der Waals surface area contributed by atoms with Crippen LogP contribution in [-0.4, -0.2) is 7.28 Å². The molecule has 1 atom stereocenters. The lowest BCUT2D eigenvalue weighted by atomic mass is 9.51. The molecule has 1 aliphatic carbocycles. The second-order valence-electron chi connectivity index (χ2n) is 16.3. The zero-order valence-electron chi connectivity index (χ0n) is 32.3. The maximum Gasteiger partial charge on any atom is 0.193 e. The number of para-hydroxylation sites is 2. The number of nitrogens with one attached hydrogen (secondary N) is 1. The molecule has 2 aliphatic heterocycles. The fourth-order valence-corrected chi connectivity index (χ4v) is 11.0. The van der Waals surface area contributed by atoms with Crippen LogP contribution >= 0.6 is 0 Å². The Hall–Kier alpha value is -6.90. The van der Waals surface area contributed by atoms with Crippen LogP contribution in [0.1, 0.15) is 51.3 Å². The minimum Gasteiger partial charge on any atom is -0.354 e. The lowest BCUT2D eigenvalue weighted by Gasteiger charge is -2.43. The molecule has 12 rings (SSSR count). The summed E-state index contributed by atoms with van der Waals surface area (Å²) in [6.07, 6.45) is 2.11. The third kappa shape index (κ3) is 4.85. The van der Waals surface area contributed by atoms with Gasteiger partial charge in [-0.15, -0.1) is 0 Å². The zero-order valence-corrected chi connectivity index (χ0v) is 32.3. The summed E-state index contributed by atoms with van der Waals surface area (Å²) >= 11 is 0. The van der Waals surface area contributed by atoms with Gasteiger partial charge in [0.05, 0.1) is 11.1 Å². The van der Waals surface area contributed by atoms with Crippen LogP contribution in [0.4, 0.5) is 11.4 Å². The minimum atomic E-state index is -0.524. The van der Waals surface area contributed by atoms with Gasteiger partial charge in [0.1, 0.15) is 0 Å². The average molecular weight is 738 g/mol. The van der Waals surface area contributed by atoms with Crippen molar-refractivity contribution in [3.05, 3.63) is 239 Å². The highest BCUT2D eigenvalue weighted by molar-refractivity contribution is 6.70. The van der Waals surface area contributed by atoms with E-state index in [2.05, 4.69) is 206 Å². The Morgan fingerprint density at radius 2 is 1.19 bits per heavy atom. The van der Waals surface area contributed by atoms with Gasteiger partial charge in [0.15, 0.2) is 7.28 Å². The van der Waals surface area contributed by atoms with Crippen LogP contribution in [0.15, 0.2) is 200 Å². The highest BCUT2D eigenvalue weighted by atomic mass is 14.9. The van der Waals surface area contributed by atoms with Crippen molar-refractivity contribution in [2.75, 3.05) is 5.32 Å². The van der Waals surface area contributed by atoms with E-state index in [1.165, 1.54) is 99.7 Å². The summed E-state index contributed by atoms with van der Waals surface area (Å²) in [4.78, 5) is 0. The molecule has 1 nitrogen and oxygen atoms in total. The second-order valence-corrected chi connectivity index (χ2v) is 16.3. The highest BCUT2D eigenvalue weighted by Gasteiger charge is 2.45. The lowest BCUT2D eigenvalue weighted by Crippen LogP contribution is -2.41. The first kappa shape index (κ1) is 33.3. The van der Waals surface area contributed by atoms with Gasteiger partial charge >= 0.3 is 0 Å². The van der Waals surface area contributed by atoms with Gasteiger partial charge in [-0.25, -0.2) is 0 Å². The minimum absolute atomic E-state index is 0.282. The molecule has 0 amide bonds. The first-order valence-electron chi connectivity index (χ1n) is 20.7. The molecule has 9 aromatic carbocycles. The Morgan fingerprint density at radius 1 is 0.517 bits per heavy atom. The average Bonchev–Trinajstić information content (AvgIpc) is 3.47. The van der Waals surface area contributed by atoms with Crippen molar-refractivity contribution in [1.29, 1.82) is 0 Å². The lowest BCUT2D eigenvalue weighted by molar-refractivity contribution is 0.730. The largest absolute Gasteiger partial charge is 0.354 e. The Kier molecular flexibility index (Phi) is 7.50. The summed E-state index contributed by atoms with van der Waals surface area (Å²) in [7, 11) is 0.891. The molecule has 1 N–H and O–H groups in total. The van der Waals surface area contributed by atoms with Crippen LogP contribution in [0.3, 0.4) is 0 Å². The molecule has 0 bridgehead atoms. The molecule has 0 spiro atoms. The number of hydrogen-bond donors (Lipinski definition) is 1. The summed E-state index contributed by atoms with van der Waals surface area (Å²) in [5.41, 5.74) is 22.2. The number of fused-ring (bicyclic) bond motifs is 8. The van der Waals surface area contributed by atoms with Gasteiger partial charge < -0.3 is 5.32 Å². The normalized spacial score (nSPS) is 15.3. The van der Waals surface area contributed by atoms with Gasteiger partial charge in [-0.05, 0) is 103 Å². The van der Waals surface area contributed by atoms with Gasteiger partial charge in [0.2, 0.25) is 0 Å². The number of aryl methyl sites for hydroxylation is 1. The summed E-state index contributed by atoms with van der Waals surface area (Å²) in [6, 6.07) is 75.1. The van der Waals surface area contributed by atoms with E-state index in [9.17, 15) is 0 Å². The molecule has 2 heterocycles. The first-order valence-corrected chi connectivity index (χ1v) is 20.7. The Labute approximate surface area is 340 Å². The SMILES string of the molecule is B1c2cccc3c2C(CCc2ccc4ccccc4c2-3)c2cc(-c3ccccc3)cc(-c3cccc4c3Nc3ccccc3C4(c3ccccc3)c3ccccc3)c21. The van der Waals surface area contributed by atoms with E-state index in [-0.39, 0.29) is 5.92 Å². The van der Waals surface area contributed by atoms with Gasteiger partial charge in [-0.3, -0.25) is 0 Å². The summed E-state index contributed by atoms with van der Waals surface area (Å²) in [5, 5.41) is 6.75. The quantitative estimate of drug-likeness (QED) is 0.177. The van der Waals surface area contributed by atoms with Crippen molar-refractivity contribution in [1.82, 2.24) is 0 Å². The van der Waals surface area contributed by atoms with Crippen LogP contribution in [0, 0.1) is 0 Å². The smallest absolute Gasteiger partial charge is 0.193 e. The van der Waals surface area contributed by atoms with Crippen molar-refractivity contribution in [3.63, 3.8) is 0 Å². The molecular weight excluding hydrogens is 697 g/mol. The van der Waals surface area contributed by atoms with E-state index in [0.29, 0.717) is 0 Å². The summed E-state index contributed by atoms with van der Waals surface area (Å²) in [6.45, 7) is 0. The third-order valence-corrected chi connectivity index (χ3v) is 13.4. The van der Waals surface area contributed by atoms with Gasteiger partial charge in [0.25, 0.3) is 0 Å². The maximum atomic E-state index is 4.07. The molecule has 2 heteroatoms. The number of hydrogen-bond acceptors (Lipinski definition) is 1. The highest BCUT2D eigenvalue weighted by Crippen LogP contribution is 2.56. The van der Waals surface area contributed by atoms with Crippen molar-refractivity contribution in [2.24, 2.45) is 0 Å². The summed E-state index contributed by atoms with van der Waals surface area (Å²) < 4.78 is 0. The van der Waals surface area contributed by atoms with Crippen LogP contribution < -0.4 is 16.2 Å². The van der Waals surface area contributed by atoms with Crippen LogP contribution in [0.5, 0.6) is 0 Å². The van der Waals surface area contributed by atoms with Gasteiger partial charge in [0, 0.05) is 17.2 Å². The number of rotatable bonds is 4. The third-order valence-electron chi connectivity index (χ3n) is 13.4. The molecule has 0 fully saturated rings. The Balaban J connectivity index is 1.14. The zero-order chi connectivity index (χ0) is 38.2. The maximum absolute atomic E-state index is 4.07. The van der Waals surface area contributed by atoms with E-state index in [1.54, 1.807) is 0 Å². The number of anilines is 2. The van der Waals surface area contributed by atoms with Crippen LogP contribution in [0.25, 0.3) is 44.2 Å². The van der Waals surface area contributed by atoms with Gasteiger partial charge in [-0.1, -0.05) is 199 Å². The van der Waals surface area contributed by atoms with E-state index < -0.39 is 5.41 Å². The fourth-order valence-electron chi connectivity index (χ4n) is 11.0. The van der Waals surface area contributed by atoms with E-state index >= 15 is 0 Å². The van der Waals surface area contributed by atoms with E-state index in [1.807, 2.05) is 0 Å². The Morgan fingerprint density at radius 3 is 2.00 bits per heavy atom. The molecule has 58 heavy (non-hydrogen) atoms. The molecule has 1 unspecified atom stereocenters. The first-order chi connectivity index (χ1) is 28.8. The Bertz CT molecular complexity index is 3020. The molecule has 272 valence electrons. The van der Waals surface area contributed by atoms with Crippen molar-refractivity contribution in [2.45, 2.75) is 24.2 Å². The fraction of sp³-hybridized carbons (Fsp3) is 0.0714. The number of benzene rings is 9. The van der Waals surface area contributed by atoms with Crippen molar-refractivity contribution in [3.8, 4) is 33.4 Å². The van der Waals surface area contributed by atoms with Crippen molar-refractivity contribution < 1.29 is 0 Å². The monoisotopic (exact) mass is 737 g/mol. The van der Waals surface area contributed by atoms with Gasteiger partial charge in [-0.2, -0.15) is 0 Å². The molecule has 9 aromatic rings. The van der Waals surface area contributed by atoms with Crippen LogP contribution in [0.2, 0.25) is 0 Å². The molecule has 3 aliphatic rings. The molecule has 0 saturated heterocycles. The molecule has 0 saturated carbocycles. The van der Waals surface area contributed by atoms with Crippen LogP contribution in [-0.2, 0) is 11.8 Å². The standard InChI is InChI=1S/C56H40BN/c1-4-16-36(17-5-1)39-34-46-43-33-32-38-31-30-37-18-10-11-23-42(37)52(38)45-25-15-28-50(53(43)45)57-54(46)47(35-39)44-24-14-27-49-55(44)58-51-29-13-12-26-48(51)56(49,40-19-6-2-7-20-40)41-21-8-3-9-22-41/h1-31,34-35,43,57-58H,32-33H2. The van der Waals surface area contributed by atoms with E-state index in [0.717, 1.165) is 25.8 Å².